The van der Waals surface area contributed by atoms with Gasteiger partial charge in [-0.25, -0.2) is 19.6 Å². The number of nitrogens with zero attached hydrogens (tertiary/aromatic N) is 3. The van der Waals surface area contributed by atoms with Gasteiger partial charge in [-0.15, -0.1) is 11.3 Å². The van der Waals surface area contributed by atoms with E-state index in [1.54, 1.807) is 39.0 Å². The third-order valence-electron chi connectivity index (χ3n) is 5.30. The molecule has 2 aromatic carbocycles. The van der Waals surface area contributed by atoms with Gasteiger partial charge in [0, 0.05) is 30.1 Å². The fraction of sp³-hybridized carbons (Fsp3) is 0.231. The lowest BCUT2D eigenvalue weighted by Crippen LogP contribution is -2.27. The van der Waals surface area contributed by atoms with E-state index in [1.165, 1.54) is 37.5 Å². The molecule has 0 aliphatic carbocycles. The van der Waals surface area contributed by atoms with Crippen LogP contribution in [0.15, 0.2) is 54.7 Å². The van der Waals surface area contributed by atoms with Gasteiger partial charge in [-0.2, -0.15) is 13.2 Å². The summed E-state index contributed by atoms with van der Waals surface area (Å²) in [5.74, 6) is 0.143. The number of nitrogens with one attached hydrogen (secondary N) is 1. The molecule has 0 aliphatic heterocycles. The van der Waals surface area contributed by atoms with Gasteiger partial charge in [-0.1, -0.05) is 12.1 Å². The molecule has 2 amide bonds. The van der Waals surface area contributed by atoms with E-state index >= 15 is 0 Å². The Labute approximate surface area is 219 Å². The van der Waals surface area contributed by atoms with Crippen LogP contribution in [0.5, 0.6) is 0 Å². The molecule has 0 spiro atoms. The Morgan fingerprint density at radius 1 is 1.03 bits per heavy atom. The summed E-state index contributed by atoms with van der Waals surface area (Å²) in [7, 11) is 1.31. The molecule has 8 nitrogen and oxygen atoms in total. The van der Waals surface area contributed by atoms with E-state index < -0.39 is 29.5 Å². The first-order valence-corrected chi connectivity index (χ1v) is 12.1. The summed E-state index contributed by atoms with van der Waals surface area (Å²) in [5.41, 5.74) is -0.0575. The van der Waals surface area contributed by atoms with Gasteiger partial charge in [-0.3, -0.25) is 10.2 Å². The Morgan fingerprint density at radius 3 is 2.34 bits per heavy atom. The topological polar surface area (TPSA) is 105 Å². The number of ether oxygens (including phenoxy) is 1. The Balaban J connectivity index is 1.67. The summed E-state index contributed by atoms with van der Waals surface area (Å²) in [6.07, 6.45) is -5.20. The number of fused-ring (bicyclic) bond motifs is 1. The minimum atomic E-state index is -4.66. The average molecular weight is 545 g/mol. The molecule has 0 fully saturated rings. The van der Waals surface area contributed by atoms with E-state index in [-0.39, 0.29) is 22.0 Å². The molecule has 2 N–H and O–H groups in total. The van der Waals surface area contributed by atoms with Crippen LogP contribution in [0.4, 0.5) is 34.3 Å². The Kier molecular flexibility index (Phi) is 7.02. The molecular weight excluding hydrogens is 521 g/mol. The van der Waals surface area contributed by atoms with Crippen molar-refractivity contribution < 1.29 is 32.6 Å². The fourth-order valence-corrected chi connectivity index (χ4v) is 4.58. The van der Waals surface area contributed by atoms with Crippen LogP contribution in [0.1, 0.15) is 26.3 Å². The minimum absolute atomic E-state index is 0.0840. The number of pyridine rings is 1. The molecule has 4 aromatic rings. The highest BCUT2D eigenvalue weighted by Gasteiger charge is 2.35. The third kappa shape index (κ3) is 6.02. The summed E-state index contributed by atoms with van der Waals surface area (Å²) in [6, 6.07) is 11.7. The van der Waals surface area contributed by atoms with Gasteiger partial charge in [0.2, 0.25) is 0 Å². The number of benzene rings is 2. The number of carbonyl (C=O) groups excluding carboxylic acids is 1. The van der Waals surface area contributed by atoms with Gasteiger partial charge in [0.1, 0.15) is 16.4 Å². The number of carbonyl (C=O) groups is 2. The summed E-state index contributed by atoms with van der Waals surface area (Å²) < 4.78 is 48.2. The van der Waals surface area contributed by atoms with E-state index in [1.807, 2.05) is 0 Å². The lowest BCUT2D eigenvalue weighted by molar-refractivity contribution is -0.137. The molecule has 2 heterocycles. The van der Waals surface area contributed by atoms with Crippen LogP contribution < -0.4 is 10.2 Å². The highest BCUT2D eigenvalue weighted by Crippen LogP contribution is 2.42. The molecule has 0 saturated carbocycles. The summed E-state index contributed by atoms with van der Waals surface area (Å²) in [5, 5.41) is 11.9. The number of halogens is 3. The summed E-state index contributed by atoms with van der Waals surface area (Å²) in [6.45, 7) is 5.20. The number of thiazole rings is 1. The summed E-state index contributed by atoms with van der Waals surface area (Å²) in [4.78, 5) is 32.5. The Morgan fingerprint density at radius 2 is 1.74 bits per heavy atom. The molecule has 198 valence electrons. The number of rotatable bonds is 4. The number of aromatic nitrogens is 2. The number of anilines is 2. The molecule has 4 rings (SSSR count). The van der Waals surface area contributed by atoms with Crippen molar-refractivity contribution >= 4 is 45.2 Å². The monoisotopic (exact) mass is 544 g/mol. The van der Waals surface area contributed by atoms with Crippen molar-refractivity contribution in [1.29, 1.82) is 0 Å². The quantitative estimate of drug-likeness (QED) is 0.276. The van der Waals surface area contributed by atoms with Crippen LogP contribution in [0.3, 0.4) is 0 Å². The second-order valence-corrected chi connectivity index (χ2v) is 10.4. The predicted molar refractivity (Wildman–Crippen MR) is 140 cm³/mol. The molecule has 12 heteroatoms. The highest BCUT2D eigenvalue weighted by molar-refractivity contribution is 7.21. The zero-order valence-corrected chi connectivity index (χ0v) is 21.6. The van der Waals surface area contributed by atoms with Crippen molar-refractivity contribution in [3.63, 3.8) is 0 Å². The molecule has 0 unspecified atom stereocenters. The van der Waals surface area contributed by atoms with Crippen molar-refractivity contribution in [2.24, 2.45) is 0 Å². The maximum absolute atomic E-state index is 14.1. The van der Waals surface area contributed by atoms with Gasteiger partial charge < -0.3 is 9.84 Å². The number of carboxylic acid groups (broad SMARTS) is 1. The van der Waals surface area contributed by atoms with Gasteiger partial charge in [-0.05, 0) is 62.7 Å². The van der Waals surface area contributed by atoms with Crippen molar-refractivity contribution in [1.82, 2.24) is 9.97 Å². The summed E-state index contributed by atoms with van der Waals surface area (Å²) >= 11 is 1.07. The minimum Gasteiger partial charge on any atom is -0.465 e. The zero-order chi connectivity index (χ0) is 27.8. The normalized spacial score (nSPS) is 11.9. The van der Waals surface area contributed by atoms with Gasteiger partial charge >= 0.3 is 18.4 Å². The smallest absolute Gasteiger partial charge is 0.417 e. The van der Waals surface area contributed by atoms with Crippen molar-refractivity contribution in [2.75, 3.05) is 17.3 Å². The number of hydrogen-bond acceptors (Lipinski definition) is 6. The first-order valence-electron chi connectivity index (χ1n) is 11.3. The van der Waals surface area contributed by atoms with E-state index in [0.717, 1.165) is 22.3 Å². The van der Waals surface area contributed by atoms with Crippen LogP contribution in [-0.2, 0) is 10.9 Å². The second kappa shape index (κ2) is 9.93. The molecule has 0 aliphatic rings. The molecule has 0 saturated heterocycles. The fourth-order valence-electron chi connectivity index (χ4n) is 3.54. The first kappa shape index (κ1) is 26.9. The molecule has 38 heavy (non-hydrogen) atoms. The predicted octanol–water partition coefficient (Wildman–Crippen LogP) is 7.51. The van der Waals surface area contributed by atoms with E-state index in [9.17, 15) is 22.8 Å². The lowest BCUT2D eigenvalue weighted by Gasteiger charge is -2.19. The third-order valence-corrected chi connectivity index (χ3v) is 6.35. The van der Waals surface area contributed by atoms with E-state index in [4.69, 9.17) is 9.84 Å². The van der Waals surface area contributed by atoms with Crippen molar-refractivity contribution in [3.8, 4) is 21.7 Å². The van der Waals surface area contributed by atoms with Gasteiger partial charge in [0.25, 0.3) is 0 Å². The van der Waals surface area contributed by atoms with Crippen LogP contribution in [0.2, 0.25) is 0 Å². The van der Waals surface area contributed by atoms with E-state index in [2.05, 4.69) is 15.3 Å². The second-order valence-electron chi connectivity index (χ2n) is 9.33. The van der Waals surface area contributed by atoms with Crippen LogP contribution in [0.25, 0.3) is 31.9 Å². The standard InChI is InChI=1S/C26H23F3N4O4S/c1-25(2,3)37-23(34)31-16-7-9-19-20(12-16)38-22(32-19)17-8-5-14(11-18(17)26(27,28)29)15-6-10-21(30-13-15)33(4)24(35)36/h5-13H,1-4H3,(H,31,34)(H,35,36). The molecule has 0 atom stereocenters. The van der Waals surface area contributed by atoms with Crippen LogP contribution >= 0.6 is 11.3 Å². The average Bonchev–Trinajstić information content (AvgIpc) is 3.25. The maximum Gasteiger partial charge on any atom is 0.417 e. The zero-order valence-electron chi connectivity index (χ0n) is 20.8. The highest BCUT2D eigenvalue weighted by atomic mass is 32.1. The number of alkyl halides is 3. The van der Waals surface area contributed by atoms with Gasteiger partial charge in [0.05, 0.1) is 15.8 Å². The van der Waals surface area contributed by atoms with E-state index in [0.29, 0.717) is 21.5 Å². The number of hydrogen-bond donors (Lipinski definition) is 2. The Bertz CT molecular complexity index is 1510. The molecule has 0 bridgehead atoms. The number of amides is 2. The molecule has 2 aromatic heterocycles. The van der Waals surface area contributed by atoms with Gasteiger partial charge in [0.15, 0.2) is 0 Å². The molecular formula is C26H23F3N4O4S. The first-order chi connectivity index (χ1) is 17.7. The maximum atomic E-state index is 14.1. The Hall–Kier alpha value is -4.19. The largest absolute Gasteiger partial charge is 0.465 e. The van der Waals surface area contributed by atoms with Crippen molar-refractivity contribution in [3.05, 3.63) is 60.3 Å². The van der Waals surface area contributed by atoms with Crippen LogP contribution in [0, 0.1) is 0 Å². The molecule has 0 radical (unpaired) electrons. The lowest BCUT2D eigenvalue weighted by atomic mass is 10.00. The SMILES string of the molecule is CN(C(=O)O)c1ccc(-c2ccc(-c3nc4ccc(NC(=O)OC(C)(C)C)cc4s3)c(C(F)(F)F)c2)cn1. The van der Waals surface area contributed by atoms with Crippen molar-refractivity contribution in [2.45, 2.75) is 32.5 Å². The van der Waals surface area contributed by atoms with Crippen LogP contribution in [-0.4, -0.2) is 39.9 Å².